The molecule has 1 amide bonds. The van der Waals surface area contributed by atoms with E-state index in [-0.39, 0.29) is 18.1 Å². The van der Waals surface area contributed by atoms with E-state index in [1.165, 1.54) is 5.57 Å². The van der Waals surface area contributed by atoms with E-state index in [0.717, 1.165) is 6.42 Å². The first-order valence-corrected chi connectivity index (χ1v) is 6.98. The van der Waals surface area contributed by atoms with Crippen molar-refractivity contribution in [1.82, 2.24) is 4.90 Å². The van der Waals surface area contributed by atoms with Gasteiger partial charge in [0.25, 0.3) is 0 Å². The van der Waals surface area contributed by atoms with Crippen LogP contribution < -0.4 is 0 Å². The van der Waals surface area contributed by atoms with Gasteiger partial charge in [-0.3, -0.25) is 0 Å². The molecule has 1 saturated heterocycles. The van der Waals surface area contributed by atoms with Crippen molar-refractivity contribution in [2.75, 3.05) is 13.1 Å². The molecule has 0 radical (unpaired) electrons. The molecule has 0 spiro atoms. The number of rotatable bonds is 2. The van der Waals surface area contributed by atoms with Gasteiger partial charge in [0.15, 0.2) is 0 Å². The zero-order chi connectivity index (χ0) is 14.6. The highest BCUT2D eigenvalue weighted by Crippen LogP contribution is 2.23. The van der Waals surface area contributed by atoms with Crippen molar-refractivity contribution in [3.05, 3.63) is 11.6 Å². The normalized spacial score (nSPS) is 24.0. The molecule has 1 aliphatic rings. The molecule has 4 nitrogen and oxygen atoms in total. The second-order valence-electron chi connectivity index (χ2n) is 6.56. The minimum absolute atomic E-state index is 0.108. The Bertz CT molecular complexity index is 340. The second-order valence-corrected chi connectivity index (χ2v) is 6.56. The van der Waals surface area contributed by atoms with Crippen LogP contribution in [0.1, 0.15) is 47.5 Å². The summed E-state index contributed by atoms with van der Waals surface area (Å²) in [7, 11) is 0. The highest BCUT2D eigenvalue weighted by molar-refractivity contribution is 5.68. The number of hydrogen-bond donors (Lipinski definition) is 1. The van der Waals surface area contributed by atoms with Crippen LogP contribution in [0.15, 0.2) is 11.6 Å². The number of likely N-dealkylation sites (tertiary alicyclic amines) is 1. The number of aliphatic hydroxyl groups is 1. The Morgan fingerprint density at radius 1 is 1.42 bits per heavy atom. The fourth-order valence-corrected chi connectivity index (χ4v) is 2.13. The smallest absolute Gasteiger partial charge is 0.410 e. The van der Waals surface area contributed by atoms with Gasteiger partial charge in [0, 0.05) is 19.0 Å². The Morgan fingerprint density at radius 2 is 2.05 bits per heavy atom. The van der Waals surface area contributed by atoms with E-state index in [1.54, 1.807) is 4.90 Å². The summed E-state index contributed by atoms with van der Waals surface area (Å²) in [5.74, 6) is 0.108. The first-order chi connectivity index (χ1) is 8.69. The topological polar surface area (TPSA) is 49.8 Å². The summed E-state index contributed by atoms with van der Waals surface area (Å²) >= 11 is 0. The maximum absolute atomic E-state index is 12.0. The van der Waals surface area contributed by atoms with Gasteiger partial charge in [-0.25, -0.2) is 4.79 Å². The fraction of sp³-hybridized carbons (Fsp3) is 0.800. The molecule has 0 bridgehead atoms. The third kappa shape index (κ3) is 5.64. The number of piperidine rings is 1. The lowest BCUT2D eigenvalue weighted by Gasteiger charge is -2.36. The molecule has 1 heterocycles. The van der Waals surface area contributed by atoms with Gasteiger partial charge in [-0.05, 0) is 47.5 Å². The highest BCUT2D eigenvalue weighted by atomic mass is 16.6. The van der Waals surface area contributed by atoms with Crippen LogP contribution in [0, 0.1) is 5.92 Å². The average molecular weight is 269 g/mol. The number of hydrogen-bond acceptors (Lipinski definition) is 3. The maximum Gasteiger partial charge on any atom is 0.410 e. The van der Waals surface area contributed by atoms with E-state index in [0.29, 0.717) is 19.5 Å². The SMILES string of the molecule is CC(C)=CC[C@@H]1CN(C(=O)OC(C)(C)C)CC[C@@H]1O. The molecule has 0 aliphatic carbocycles. The maximum atomic E-state index is 12.0. The summed E-state index contributed by atoms with van der Waals surface area (Å²) < 4.78 is 5.38. The molecule has 1 fully saturated rings. The summed E-state index contributed by atoms with van der Waals surface area (Å²) in [5, 5.41) is 10.0. The van der Waals surface area contributed by atoms with E-state index in [1.807, 2.05) is 34.6 Å². The van der Waals surface area contributed by atoms with Crippen molar-refractivity contribution in [2.45, 2.75) is 59.2 Å². The van der Waals surface area contributed by atoms with Gasteiger partial charge in [0.2, 0.25) is 0 Å². The number of ether oxygens (including phenoxy) is 1. The minimum Gasteiger partial charge on any atom is -0.444 e. The first kappa shape index (κ1) is 16.0. The molecule has 0 aromatic heterocycles. The zero-order valence-electron chi connectivity index (χ0n) is 12.8. The van der Waals surface area contributed by atoms with Crippen LogP contribution in [0.3, 0.4) is 0 Å². The van der Waals surface area contributed by atoms with Gasteiger partial charge in [0.1, 0.15) is 5.60 Å². The largest absolute Gasteiger partial charge is 0.444 e. The number of carbonyl (C=O) groups is 1. The van der Waals surface area contributed by atoms with Gasteiger partial charge < -0.3 is 14.7 Å². The number of aliphatic hydroxyl groups excluding tert-OH is 1. The first-order valence-electron chi connectivity index (χ1n) is 6.98. The lowest BCUT2D eigenvalue weighted by Crippen LogP contribution is -2.47. The highest BCUT2D eigenvalue weighted by Gasteiger charge is 2.31. The number of amides is 1. The fourth-order valence-electron chi connectivity index (χ4n) is 2.13. The van der Waals surface area contributed by atoms with Crippen molar-refractivity contribution in [2.24, 2.45) is 5.92 Å². The van der Waals surface area contributed by atoms with E-state index in [9.17, 15) is 9.90 Å². The van der Waals surface area contributed by atoms with Crippen molar-refractivity contribution >= 4 is 6.09 Å². The molecular weight excluding hydrogens is 242 g/mol. The van der Waals surface area contributed by atoms with Crippen LogP contribution in [-0.4, -0.2) is 40.9 Å². The Hall–Kier alpha value is -1.03. The molecule has 0 unspecified atom stereocenters. The van der Waals surface area contributed by atoms with Crippen LogP contribution in [0.4, 0.5) is 4.79 Å². The molecule has 110 valence electrons. The van der Waals surface area contributed by atoms with Gasteiger partial charge in [-0.15, -0.1) is 0 Å². The van der Waals surface area contributed by atoms with Crippen LogP contribution in [-0.2, 0) is 4.74 Å². The Kier molecular flexibility index (Phi) is 5.41. The lowest BCUT2D eigenvalue weighted by atomic mass is 9.91. The van der Waals surface area contributed by atoms with Crippen molar-refractivity contribution in [1.29, 1.82) is 0 Å². The molecule has 0 saturated carbocycles. The van der Waals surface area contributed by atoms with Gasteiger partial charge in [0.05, 0.1) is 6.10 Å². The molecular formula is C15H27NO3. The number of allylic oxidation sites excluding steroid dienone is 2. The summed E-state index contributed by atoms with van der Waals surface area (Å²) in [6.07, 6.45) is 2.95. The lowest BCUT2D eigenvalue weighted by molar-refractivity contribution is -0.00774. The molecule has 0 aromatic carbocycles. The standard InChI is InChI=1S/C15H27NO3/c1-11(2)6-7-12-10-16(9-8-13(12)17)14(18)19-15(3,4)5/h6,12-13,17H,7-10H2,1-5H3/t12-,13+/m1/s1. The summed E-state index contributed by atoms with van der Waals surface area (Å²) in [4.78, 5) is 13.7. The van der Waals surface area contributed by atoms with Crippen LogP contribution >= 0.6 is 0 Å². The molecule has 4 heteroatoms. The van der Waals surface area contributed by atoms with Gasteiger partial charge in [-0.1, -0.05) is 11.6 Å². The Morgan fingerprint density at radius 3 is 2.58 bits per heavy atom. The van der Waals surface area contributed by atoms with Crippen molar-refractivity contribution in [3.8, 4) is 0 Å². The minimum atomic E-state index is -0.470. The molecule has 1 aliphatic heterocycles. The predicted octanol–water partition coefficient (Wildman–Crippen LogP) is 2.96. The molecule has 19 heavy (non-hydrogen) atoms. The molecule has 1 rings (SSSR count). The Labute approximate surface area is 116 Å². The number of nitrogens with zero attached hydrogens (tertiary/aromatic N) is 1. The van der Waals surface area contributed by atoms with Crippen LogP contribution in [0.5, 0.6) is 0 Å². The number of carbonyl (C=O) groups excluding carboxylic acids is 1. The molecule has 1 N–H and O–H groups in total. The second kappa shape index (κ2) is 6.42. The van der Waals surface area contributed by atoms with E-state index >= 15 is 0 Å². The van der Waals surface area contributed by atoms with Crippen LogP contribution in [0.25, 0.3) is 0 Å². The van der Waals surface area contributed by atoms with Gasteiger partial charge >= 0.3 is 6.09 Å². The van der Waals surface area contributed by atoms with Crippen molar-refractivity contribution < 1.29 is 14.6 Å². The van der Waals surface area contributed by atoms with Gasteiger partial charge in [-0.2, -0.15) is 0 Å². The summed E-state index contributed by atoms with van der Waals surface area (Å²) in [5.41, 5.74) is 0.768. The van der Waals surface area contributed by atoms with E-state index < -0.39 is 5.60 Å². The van der Waals surface area contributed by atoms with E-state index in [4.69, 9.17) is 4.74 Å². The van der Waals surface area contributed by atoms with E-state index in [2.05, 4.69) is 6.08 Å². The summed E-state index contributed by atoms with van der Waals surface area (Å²) in [6, 6.07) is 0. The molecule has 2 atom stereocenters. The van der Waals surface area contributed by atoms with Crippen molar-refractivity contribution in [3.63, 3.8) is 0 Å². The quantitative estimate of drug-likeness (QED) is 0.784. The molecule has 0 aromatic rings. The Balaban J connectivity index is 2.58. The summed E-state index contributed by atoms with van der Waals surface area (Å²) in [6.45, 7) is 10.8. The average Bonchev–Trinajstić information content (AvgIpc) is 2.25. The third-order valence-corrected chi connectivity index (χ3v) is 3.17. The predicted molar refractivity (Wildman–Crippen MR) is 76.0 cm³/mol. The zero-order valence-corrected chi connectivity index (χ0v) is 12.8. The van der Waals surface area contributed by atoms with Crippen LogP contribution in [0.2, 0.25) is 0 Å². The monoisotopic (exact) mass is 269 g/mol. The third-order valence-electron chi connectivity index (χ3n) is 3.17.